The van der Waals surface area contributed by atoms with E-state index in [1.165, 1.54) is 11.1 Å². The van der Waals surface area contributed by atoms with Crippen LogP contribution < -0.4 is 11.1 Å². The van der Waals surface area contributed by atoms with Crippen LogP contribution in [0.2, 0.25) is 0 Å². The summed E-state index contributed by atoms with van der Waals surface area (Å²) in [5.74, 6) is 0. The van der Waals surface area contributed by atoms with Crippen molar-refractivity contribution >= 4 is 34.0 Å². The molecule has 0 heterocycles. The average molecular weight is 338 g/mol. The molecule has 0 saturated heterocycles. The van der Waals surface area contributed by atoms with Crippen LogP contribution in [-0.4, -0.2) is 0 Å². The number of nitrogens with one attached hydrogen (secondary N) is 1. The van der Waals surface area contributed by atoms with Gasteiger partial charge in [0.05, 0.1) is 0 Å². The summed E-state index contributed by atoms with van der Waals surface area (Å²) in [4.78, 5) is 0. The molecule has 0 spiro atoms. The lowest BCUT2D eigenvalue weighted by Gasteiger charge is -2.11. The third-order valence-corrected chi connectivity index (χ3v) is 3.62. The standard InChI is InChI=1S/C14H15IN2/c1-10-4-2-3-5-11(10)9-17-14-7-6-12(16)8-13(14)15/h2-8,17H,9,16H2,1H3. The molecule has 2 aromatic rings. The molecule has 2 aromatic carbocycles. The van der Waals surface area contributed by atoms with Crippen molar-refractivity contribution < 1.29 is 0 Å². The van der Waals surface area contributed by atoms with Crippen molar-refractivity contribution in [2.45, 2.75) is 13.5 Å². The highest BCUT2D eigenvalue weighted by atomic mass is 127. The third kappa shape index (κ3) is 3.12. The summed E-state index contributed by atoms with van der Waals surface area (Å²) >= 11 is 2.29. The summed E-state index contributed by atoms with van der Waals surface area (Å²) in [5, 5.41) is 3.43. The number of aryl methyl sites for hydroxylation is 1. The maximum absolute atomic E-state index is 5.73. The highest BCUT2D eigenvalue weighted by Crippen LogP contribution is 2.21. The molecule has 0 amide bonds. The Labute approximate surface area is 115 Å². The smallest absolute Gasteiger partial charge is 0.0480 e. The third-order valence-electron chi connectivity index (χ3n) is 2.72. The Kier molecular flexibility index (Phi) is 3.89. The van der Waals surface area contributed by atoms with Crippen LogP contribution in [0.3, 0.4) is 0 Å². The first kappa shape index (κ1) is 12.2. The Bertz CT molecular complexity index is 523. The molecular formula is C14H15IN2. The summed E-state index contributed by atoms with van der Waals surface area (Å²) in [5.41, 5.74) is 10.3. The first-order chi connectivity index (χ1) is 8.16. The quantitative estimate of drug-likeness (QED) is 0.660. The monoisotopic (exact) mass is 338 g/mol. The molecule has 0 unspecified atom stereocenters. The second-order valence-corrected chi connectivity index (χ2v) is 5.18. The van der Waals surface area contributed by atoms with Crippen molar-refractivity contribution in [3.8, 4) is 0 Å². The van der Waals surface area contributed by atoms with Crippen LogP contribution in [0.5, 0.6) is 0 Å². The molecule has 17 heavy (non-hydrogen) atoms. The van der Waals surface area contributed by atoms with Crippen LogP contribution in [0.15, 0.2) is 42.5 Å². The lowest BCUT2D eigenvalue weighted by Crippen LogP contribution is -2.02. The Morgan fingerprint density at radius 2 is 1.94 bits per heavy atom. The fraction of sp³-hybridized carbons (Fsp3) is 0.143. The van der Waals surface area contributed by atoms with Gasteiger partial charge in [-0.25, -0.2) is 0 Å². The first-order valence-electron chi connectivity index (χ1n) is 5.50. The van der Waals surface area contributed by atoms with Gasteiger partial charge in [0.2, 0.25) is 0 Å². The first-order valence-corrected chi connectivity index (χ1v) is 6.58. The molecule has 2 nitrogen and oxygen atoms in total. The van der Waals surface area contributed by atoms with Crippen molar-refractivity contribution in [3.05, 3.63) is 57.2 Å². The number of anilines is 2. The van der Waals surface area contributed by atoms with Gasteiger partial charge in [0, 0.05) is 21.5 Å². The van der Waals surface area contributed by atoms with E-state index in [4.69, 9.17) is 5.73 Å². The van der Waals surface area contributed by atoms with Gasteiger partial charge in [0.15, 0.2) is 0 Å². The summed E-state index contributed by atoms with van der Waals surface area (Å²) in [7, 11) is 0. The maximum atomic E-state index is 5.73. The Morgan fingerprint density at radius 3 is 2.65 bits per heavy atom. The van der Waals surface area contributed by atoms with Gasteiger partial charge in [-0.2, -0.15) is 0 Å². The molecule has 3 heteroatoms. The van der Waals surface area contributed by atoms with Gasteiger partial charge >= 0.3 is 0 Å². The maximum Gasteiger partial charge on any atom is 0.0480 e. The molecule has 0 aliphatic carbocycles. The van der Waals surface area contributed by atoms with E-state index in [1.54, 1.807) is 0 Å². The molecule has 0 saturated carbocycles. The molecule has 3 N–H and O–H groups in total. The molecule has 0 atom stereocenters. The van der Waals surface area contributed by atoms with Crippen molar-refractivity contribution in [1.29, 1.82) is 0 Å². The number of halogens is 1. The normalized spacial score (nSPS) is 10.2. The summed E-state index contributed by atoms with van der Waals surface area (Å²) in [6.45, 7) is 2.97. The molecule has 0 aliphatic rings. The summed E-state index contributed by atoms with van der Waals surface area (Å²) in [6.07, 6.45) is 0. The number of nitrogens with two attached hydrogens (primary N) is 1. The Hall–Kier alpha value is -1.23. The van der Waals surface area contributed by atoms with Gasteiger partial charge in [-0.05, 0) is 58.8 Å². The fourth-order valence-electron chi connectivity index (χ4n) is 1.67. The highest BCUT2D eigenvalue weighted by molar-refractivity contribution is 14.1. The minimum absolute atomic E-state index is 0.802. The van der Waals surface area contributed by atoms with E-state index < -0.39 is 0 Å². The van der Waals surface area contributed by atoms with E-state index >= 15 is 0 Å². The van der Waals surface area contributed by atoms with Gasteiger partial charge in [-0.15, -0.1) is 0 Å². The topological polar surface area (TPSA) is 38.0 Å². The largest absolute Gasteiger partial charge is 0.399 e. The van der Waals surface area contributed by atoms with E-state index in [0.717, 1.165) is 21.5 Å². The van der Waals surface area contributed by atoms with Gasteiger partial charge in [0.1, 0.15) is 0 Å². The van der Waals surface area contributed by atoms with E-state index in [1.807, 2.05) is 18.2 Å². The van der Waals surface area contributed by atoms with E-state index in [9.17, 15) is 0 Å². The lowest BCUT2D eigenvalue weighted by atomic mass is 10.1. The number of rotatable bonds is 3. The van der Waals surface area contributed by atoms with Crippen molar-refractivity contribution in [2.75, 3.05) is 11.1 Å². The average Bonchev–Trinajstić information content (AvgIpc) is 2.30. The van der Waals surface area contributed by atoms with E-state index in [2.05, 4.69) is 59.1 Å². The molecule has 0 fully saturated rings. The van der Waals surface area contributed by atoms with Crippen LogP contribution in [0.25, 0.3) is 0 Å². The van der Waals surface area contributed by atoms with E-state index in [0.29, 0.717) is 0 Å². The zero-order valence-electron chi connectivity index (χ0n) is 9.70. The van der Waals surface area contributed by atoms with Crippen LogP contribution in [0.4, 0.5) is 11.4 Å². The van der Waals surface area contributed by atoms with Crippen LogP contribution in [0.1, 0.15) is 11.1 Å². The van der Waals surface area contributed by atoms with Crippen LogP contribution >= 0.6 is 22.6 Å². The van der Waals surface area contributed by atoms with Gasteiger partial charge in [-0.3, -0.25) is 0 Å². The predicted octanol–water partition coefficient (Wildman–Crippen LogP) is 3.79. The highest BCUT2D eigenvalue weighted by Gasteiger charge is 2.01. The Morgan fingerprint density at radius 1 is 1.18 bits per heavy atom. The van der Waals surface area contributed by atoms with E-state index in [-0.39, 0.29) is 0 Å². The molecule has 0 aromatic heterocycles. The summed E-state index contributed by atoms with van der Waals surface area (Å²) in [6, 6.07) is 14.3. The minimum Gasteiger partial charge on any atom is -0.399 e. The van der Waals surface area contributed by atoms with Crippen molar-refractivity contribution in [2.24, 2.45) is 0 Å². The molecule has 0 radical (unpaired) electrons. The van der Waals surface area contributed by atoms with Crippen molar-refractivity contribution in [1.82, 2.24) is 0 Å². The molecule has 0 aliphatic heterocycles. The van der Waals surface area contributed by atoms with Crippen molar-refractivity contribution in [3.63, 3.8) is 0 Å². The second-order valence-electron chi connectivity index (χ2n) is 4.02. The fourth-order valence-corrected chi connectivity index (χ4v) is 2.40. The predicted molar refractivity (Wildman–Crippen MR) is 82.1 cm³/mol. The molecular weight excluding hydrogens is 323 g/mol. The van der Waals surface area contributed by atoms with Gasteiger partial charge < -0.3 is 11.1 Å². The zero-order chi connectivity index (χ0) is 12.3. The SMILES string of the molecule is Cc1ccccc1CNc1ccc(N)cc1I. The second kappa shape index (κ2) is 5.40. The zero-order valence-corrected chi connectivity index (χ0v) is 11.9. The lowest BCUT2D eigenvalue weighted by molar-refractivity contribution is 1.12. The number of hydrogen-bond acceptors (Lipinski definition) is 2. The molecule has 88 valence electrons. The van der Waals surface area contributed by atoms with Crippen LogP contribution in [0, 0.1) is 10.5 Å². The minimum atomic E-state index is 0.802. The summed E-state index contributed by atoms with van der Waals surface area (Å²) < 4.78 is 1.15. The van der Waals surface area contributed by atoms with Crippen LogP contribution in [-0.2, 0) is 6.54 Å². The van der Waals surface area contributed by atoms with Gasteiger partial charge in [-0.1, -0.05) is 24.3 Å². The Balaban J connectivity index is 2.10. The van der Waals surface area contributed by atoms with Gasteiger partial charge in [0.25, 0.3) is 0 Å². The number of nitrogen functional groups attached to an aromatic ring is 1. The molecule has 2 rings (SSSR count). The molecule has 0 bridgehead atoms. The number of benzene rings is 2. The number of hydrogen-bond donors (Lipinski definition) is 2.